The third kappa shape index (κ3) is 1.69. The number of halogens is 2. The van der Waals surface area contributed by atoms with E-state index >= 15 is 0 Å². The Morgan fingerprint density at radius 3 is 2.21 bits per heavy atom. The molecule has 1 rings (SSSR count). The van der Waals surface area contributed by atoms with Crippen molar-refractivity contribution in [2.45, 2.75) is 0 Å². The fourth-order valence-electron chi connectivity index (χ4n) is 0.851. The molecule has 0 atom stereocenters. The number of nitro groups is 2. The van der Waals surface area contributed by atoms with Crippen molar-refractivity contribution in [3.8, 4) is 0 Å². The molecule has 0 N–H and O–H groups in total. The molecule has 0 heterocycles. The minimum atomic E-state index is -1.01. The molecule has 6 nitrogen and oxygen atoms in total. The average molecular weight is 265 g/mol. The summed E-state index contributed by atoms with van der Waals surface area (Å²) in [5.74, 6) is -0.915. The lowest BCUT2D eigenvalue weighted by Crippen LogP contribution is -1.98. The van der Waals surface area contributed by atoms with Crippen molar-refractivity contribution in [2.75, 3.05) is 0 Å². The van der Waals surface area contributed by atoms with E-state index in [2.05, 4.69) is 15.9 Å². The SMILES string of the molecule is O=[N+]([O-])c1ccc(F)c(Br)c1[N+](=O)[O-]. The van der Waals surface area contributed by atoms with Gasteiger partial charge in [-0.2, -0.15) is 0 Å². The van der Waals surface area contributed by atoms with E-state index in [0.717, 1.165) is 12.1 Å². The molecule has 0 saturated heterocycles. The number of hydrogen-bond acceptors (Lipinski definition) is 4. The summed E-state index contributed by atoms with van der Waals surface area (Å²) in [4.78, 5) is 18.8. The van der Waals surface area contributed by atoms with Crippen LogP contribution in [-0.4, -0.2) is 9.85 Å². The summed E-state index contributed by atoms with van der Waals surface area (Å²) < 4.78 is 12.3. The van der Waals surface area contributed by atoms with Gasteiger partial charge in [0, 0.05) is 6.07 Å². The number of nitrogens with zero attached hydrogens (tertiary/aromatic N) is 2. The van der Waals surface area contributed by atoms with Crippen LogP contribution in [0.3, 0.4) is 0 Å². The molecular formula is C6H2BrFN2O4. The first-order valence-electron chi connectivity index (χ1n) is 3.22. The zero-order valence-electron chi connectivity index (χ0n) is 6.44. The van der Waals surface area contributed by atoms with Crippen molar-refractivity contribution in [3.63, 3.8) is 0 Å². The Morgan fingerprint density at radius 1 is 1.21 bits per heavy atom. The van der Waals surface area contributed by atoms with Crippen molar-refractivity contribution in [1.82, 2.24) is 0 Å². The molecule has 1 aromatic rings. The monoisotopic (exact) mass is 264 g/mol. The zero-order valence-corrected chi connectivity index (χ0v) is 8.02. The van der Waals surface area contributed by atoms with Gasteiger partial charge in [0.05, 0.1) is 9.85 Å². The summed E-state index contributed by atoms with van der Waals surface area (Å²) in [5, 5.41) is 20.8. The van der Waals surface area contributed by atoms with E-state index in [1.165, 1.54) is 0 Å². The predicted octanol–water partition coefficient (Wildman–Crippen LogP) is 2.40. The fraction of sp³-hybridized carbons (Fsp3) is 0. The quantitative estimate of drug-likeness (QED) is 0.606. The van der Waals surface area contributed by atoms with Gasteiger partial charge in [0.25, 0.3) is 0 Å². The minimum absolute atomic E-state index is 0.517. The second kappa shape index (κ2) is 3.66. The van der Waals surface area contributed by atoms with Crippen LogP contribution in [0.4, 0.5) is 15.8 Å². The average Bonchev–Trinajstić information content (AvgIpc) is 2.08. The Kier molecular flexibility index (Phi) is 2.75. The second-order valence-corrected chi connectivity index (χ2v) is 3.04. The number of nitro benzene ring substituents is 2. The Bertz CT molecular complexity index is 423. The predicted molar refractivity (Wildman–Crippen MR) is 47.4 cm³/mol. The van der Waals surface area contributed by atoms with Gasteiger partial charge in [-0.25, -0.2) is 4.39 Å². The molecule has 0 unspecified atom stereocenters. The number of benzene rings is 1. The highest BCUT2D eigenvalue weighted by Crippen LogP contribution is 2.35. The maximum absolute atomic E-state index is 12.8. The second-order valence-electron chi connectivity index (χ2n) is 2.24. The highest BCUT2D eigenvalue weighted by Gasteiger charge is 2.29. The molecular weight excluding hydrogens is 263 g/mol. The van der Waals surface area contributed by atoms with E-state index in [4.69, 9.17) is 0 Å². The molecule has 0 aliphatic carbocycles. The van der Waals surface area contributed by atoms with E-state index in [9.17, 15) is 24.6 Å². The van der Waals surface area contributed by atoms with Crippen LogP contribution in [0.15, 0.2) is 16.6 Å². The molecule has 1 aromatic carbocycles. The van der Waals surface area contributed by atoms with Gasteiger partial charge < -0.3 is 0 Å². The molecule has 14 heavy (non-hydrogen) atoms. The smallest absolute Gasteiger partial charge is 0.258 e. The van der Waals surface area contributed by atoms with E-state index in [-0.39, 0.29) is 0 Å². The van der Waals surface area contributed by atoms with Crippen molar-refractivity contribution in [2.24, 2.45) is 0 Å². The van der Waals surface area contributed by atoms with E-state index in [0.29, 0.717) is 0 Å². The molecule has 0 amide bonds. The van der Waals surface area contributed by atoms with Gasteiger partial charge in [0.15, 0.2) is 0 Å². The van der Waals surface area contributed by atoms with Crippen LogP contribution in [0.1, 0.15) is 0 Å². The maximum atomic E-state index is 12.8. The zero-order chi connectivity index (χ0) is 10.9. The third-order valence-corrected chi connectivity index (χ3v) is 2.18. The van der Waals surface area contributed by atoms with Gasteiger partial charge in [-0.1, -0.05) is 0 Å². The molecule has 74 valence electrons. The normalized spacial score (nSPS) is 9.86. The summed E-state index contributed by atoms with van der Waals surface area (Å²) in [7, 11) is 0. The van der Waals surface area contributed by atoms with Gasteiger partial charge in [-0.3, -0.25) is 20.2 Å². The summed E-state index contributed by atoms with van der Waals surface area (Å²) in [5.41, 5.74) is -1.63. The van der Waals surface area contributed by atoms with Gasteiger partial charge in [0.2, 0.25) is 0 Å². The Balaban J connectivity index is 3.53. The van der Waals surface area contributed by atoms with Crippen molar-refractivity contribution >= 4 is 27.3 Å². The van der Waals surface area contributed by atoms with Gasteiger partial charge in [-0.15, -0.1) is 0 Å². The van der Waals surface area contributed by atoms with Crippen molar-refractivity contribution in [3.05, 3.63) is 42.7 Å². The van der Waals surface area contributed by atoms with Gasteiger partial charge in [0.1, 0.15) is 10.3 Å². The fourth-order valence-corrected chi connectivity index (χ4v) is 1.33. The lowest BCUT2D eigenvalue weighted by atomic mass is 10.2. The topological polar surface area (TPSA) is 86.3 Å². The Hall–Kier alpha value is -1.57. The van der Waals surface area contributed by atoms with Crippen LogP contribution in [0.2, 0.25) is 0 Å². The molecule has 8 heteroatoms. The maximum Gasteiger partial charge on any atom is 0.363 e. The van der Waals surface area contributed by atoms with Crippen molar-refractivity contribution < 1.29 is 14.2 Å². The first-order chi connectivity index (χ1) is 6.45. The first-order valence-corrected chi connectivity index (χ1v) is 4.01. The van der Waals surface area contributed by atoms with Crippen LogP contribution < -0.4 is 0 Å². The molecule has 0 spiro atoms. The third-order valence-electron chi connectivity index (χ3n) is 1.43. The Labute approximate surface area is 84.8 Å². The number of hydrogen-bond donors (Lipinski definition) is 0. The summed E-state index contributed by atoms with van der Waals surface area (Å²) in [6.07, 6.45) is 0. The van der Waals surface area contributed by atoms with Crippen LogP contribution >= 0.6 is 15.9 Å². The van der Waals surface area contributed by atoms with Crippen LogP contribution in [0.25, 0.3) is 0 Å². The summed E-state index contributed by atoms with van der Waals surface area (Å²) >= 11 is 2.58. The van der Waals surface area contributed by atoms with E-state index in [1.54, 1.807) is 0 Å². The van der Waals surface area contributed by atoms with E-state index in [1.807, 2.05) is 0 Å². The largest absolute Gasteiger partial charge is 0.363 e. The van der Waals surface area contributed by atoms with Crippen molar-refractivity contribution in [1.29, 1.82) is 0 Å². The van der Waals surface area contributed by atoms with Crippen LogP contribution in [0.5, 0.6) is 0 Å². The molecule has 0 fully saturated rings. The lowest BCUT2D eigenvalue weighted by Gasteiger charge is -1.97. The molecule has 0 aliphatic heterocycles. The molecule has 0 aliphatic rings. The van der Waals surface area contributed by atoms with Gasteiger partial charge >= 0.3 is 11.4 Å². The highest BCUT2D eigenvalue weighted by atomic mass is 79.9. The van der Waals surface area contributed by atoms with E-state index < -0.39 is 31.5 Å². The first kappa shape index (κ1) is 10.5. The summed E-state index contributed by atoms with van der Waals surface area (Å²) in [6.45, 7) is 0. The number of rotatable bonds is 2. The van der Waals surface area contributed by atoms with Gasteiger partial charge in [-0.05, 0) is 22.0 Å². The van der Waals surface area contributed by atoms with Crippen LogP contribution in [-0.2, 0) is 0 Å². The minimum Gasteiger partial charge on any atom is -0.258 e. The molecule has 0 saturated carbocycles. The highest BCUT2D eigenvalue weighted by molar-refractivity contribution is 9.10. The lowest BCUT2D eigenvalue weighted by molar-refractivity contribution is -0.423. The van der Waals surface area contributed by atoms with Crippen LogP contribution in [0, 0.1) is 26.0 Å². The molecule has 0 radical (unpaired) electrons. The molecule has 0 bridgehead atoms. The Morgan fingerprint density at radius 2 is 1.79 bits per heavy atom. The summed E-state index contributed by atoms with van der Waals surface area (Å²) in [6, 6.07) is 1.54. The standard InChI is InChI=1S/C6H2BrFN2O4/c7-5-3(8)1-2-4(9(11)12)6(5)10(13)14/h1-2H. The molecule has 0 aromatic heterocycles.